The maximum atomic E-state index is 12.2. The number of nitrogen functional groups attached to an aromatic ring is 1. The molecule has 0 aliphatic heterocycles. The van der Waals surface area contributed by atoms with Crippen molar-refractivity contribution in [3.8, 4) is 11.1 Å². The van der Waals surface area contributed by atoms with Gasteiger partial charge in [0.15, 0.2) is 0 Å². The highest BCUT2D eigenvalue weighted by Gasteiger charge is 2.21. The van der Waals surface area contributed by atoms with Crippen molar-refractivity contribution >= 4 is 11.7 Å². The molecule has 0 atom stereocenters. The molecule has 0 amide bonds. The number of carbonyl (C=O) groups is 1. The number of hydrogen-bond donors (Lipinski definition) is 2. The third-order valence-corrected chi connectivity index (χ3v) is 2.81. The van der Waals surface area contributed by atoms with Gasteiger partial charge in [0.1, 0.15) is 5.60 Å². The Labute approximate surface area is 122 Å². The second kappa shape index (κ2) is 5.44. The number of esters is 1. The summed E-state index contributed by atoms with van der Waals surface area (Å²) < 4.78 is 5.33. The summed E-state index contributed by atoms with van der Waals surface area (Å²) in [6.07, 6.45) is 1.54. The van der Waals surface area contributed by atoms with Gasteiger partial charge >= 0.3 is 5.97 Å². The van der Waals surface area contributed by atoms with Crippen molar-refractivity contribution in [2.75, 3.05) is 5.73 Å². The number of anilines is 1. The normalized spacial score (nSPS) is 11.2. The smallest absolute Gasteiger partial charge is 0.340 e. The second-order valence-electron chi connectivity index (χ2n) is 5.71. The van der Waals surface area contributed by atoms with Crippen LogP contribution in [0.25, 0.3) is 11.1 Å². The van der Waals surface area contributed by atoms with E-state index in [4.69, 9.17) is 10.5 Å². The number of ether oxygens (including phenoxy) is 1. The molecular weight excluding hydrogens is 268 g/mol. The zero-order valence-corrected chi connectivity index (χ0v) is 12.3. The summed E-state index contributed by atoms with van der Waals surface area (Å²) in [5.41, 5.74) is 7.13. The number of pyridine rings is 1. The summed E-state index contributed by atoms with van der Waals surface area (Å²) >= 11 is 0. The quantitative estimate of drug-likeness (QED) is 0.656. The number of benzene rings is 1. The fourth-order valence-corrected chi connectivity index (χ4v) is 1.94. The van der Waals surface area contributed by atoms with Gasteiger partial charge in [-0.15, -0.1) is 0 Å². The molecule has 2 rings (SSSR count). The first-order chi connectivity index (χ1) is 9.78. The Hall–Kier alpha value is -2.56. The first-order valence-corrected chi connectivity index (χ1v) is 6.59. The van der Waals surface area contributed by atoms with Crippen molar-refractivity contribution in [3.05, 3.63) is 52.4 Å². The van der Waals surface area contributed by atoms with E-state index in [1.54, 1.807) is 45.0 Å². The van der Waals surface area contributed by atoms with Crippen LogP contribution in [0.5, 0.6) is 0 Å². The van der Waals surface area contributed by atoms with Crippen LogP contribution in [-0.2, 0) is 4.74 Å². The molecule has 0 fully saturated rings. The third-order valence-electron chi connectivity index (χ3n) is 2.81. The van der Waals surface area contributed by atoms with Crippen molar-refractivity contribution < 1.29 is 9.53 Å². The highest BCUT2D eigenvalue weighted by Crippen LogP contribution is 2.28. The largest absolute Gasteiger partial charge is 0.456 e. The first-order valence-electron chi connectivity index (χ1n) is 6.59. The number of nitrogens with two attached hydrogens (primary N) is 1. The Kier molecular flexibility index (Phi) is 3.84. The Balaban J connectivity index is 2.46. The van der Waals surface area contributed by atoms with E-state index >= 15 is 0 Å². The highest BCUT2D eigenvalue weighted by molar-refractivity contribution is 5.99. The van der Waals surface area contributed by atoms with Crippen molar-refractivity contribution in [3.63, 3.8) is 0 Å². The maximum absolute atomic E-state index is 12.2. The lowest BCUT2D eigenvalue weighted by Crippen LogP contribution is -2.24. The van der Waals surface area contributed by atoms with Gasteiger partial charge in [0.2, 0.25) is 5.56 Å². The van der Waals surface area contributed by atoms with Crippen molar-refractivity contribution in [1.29, 1.82) is 0 Å². The van der Waals surface area contributed by atoms with E-state index in [9.17, 15) is 9.59 Å². The molecule has 21 heavy (non-hydrogen) atoms. The molecule has 0 radical (unpaired) electrons. The lowest BCUT2D eigenvalue weighted by molar-refractivity contribution is 0.00708. The van der Waals surface area contributed by atoms with Crippen LogP contribution in [0.2, 0.25) is 0 Å². The average molecular weight is 286 g/mol. The second-order valence-corrected chi connectivity index (χ2v) is 5.71. The summed E-state index contributed by atoms with van der Waals surface area (Å²) in [4.78, 5) is 26.1. The SMILES string of the molecule is CC(C)(C)OC(=O)c1cccc(-c2cc[nH]c(=O)c2)c1N. The number of para-hydroxylation sites is 1. The molecule has 0 aliphatic carbocycles. The number of carbonyl (C=O) groups excluding carboxylic acids is 1. The molecule has 1 aromatic carbocycles. The Morgan fingerprint density at radius 1 is 1.24 bits per heavy atom. The predicted octanol–water partition coefficient (Wildman–Crippen LogP) is 2.58. The Morgan fingerprint density at radius 3 is 2.57 bits per heavy atom. The molecule has 0 aliphatic rings. The fraction of sp³-hybridized carbons (Fsp3) is 0.250. The van der Waals surface area contributed by atoms with Gasteiger partial charge in [-0.25, -0.2) is 4.79 Å². The average Bonchev–Trinajstić information content (AvgIpc) is 2.36. The van der Waals surface area contributed by atoms with Gasteiger partial charge in [-0.05, 0) is 38.5 Å². The number of aromatic amines is 1. The van der Waals surface area contributed by atoms with Gasteiger partial charge in [0.25, 0.3) is 0 Å². The van der Waals surface area contributed by atoms with Crippen LogP contribution < -0.4 is 11.3 Å². The fourth-order valence-electron chi connectivity index (χ4n) is 1.94. The third kappa shape index (κ3) is 3.51. The molecule has 1 heterocycles. The summed E-state index contributed by atoms with van der Waals surface area (Å²) in [6.45, 7) is 5.38. The first kappa shape index (κ1) is 14.8. The maximum Gasteiger partial charge on any atom is 0.340 e. The molecule has 0 spiro atoms. The minimum atomic E-state index is -0.594. The molecular formula is C16H18N2O3. The predicted molar refractivity (Wildman–Crippen MR) is 82.1 cm³/mol. The monoisotopic (exact) mass is 286 g/mol. The zero-order chi connectivity index (χ0) is 15.6. The van der Waals surface area contributed by atoms with E-state index in [1.807, 2.05) is 0 Å². The number of hydrogen-bond acceptors (Lipinski definition) is 4. The lowest BCUT2D eigenvalue weighted by atomic mass is 10.0. The molecule has 0 saturated carbocycles. The van der Waals surface area contributed by atoms with E-state index in [1.165, 1.54) is 12.3 Å². The molecule has 5 heteroatoms. The number of H-pyrrole nitrogens is 1. The van der Waals surface area contributed by atoms with Crippen molar-refractivity contribution in [2.24, 2.45) is 0 Å². The van der Waals surface area contributed by atoms with E-state index in [-0.39, 0.29) is 5.56 Å². The number of nitrogens with one attached hydrogen (secondary N) is 1. The van der Waals surface area contributed by atoms with Gasteiger partial charge in [0, 0.05) is 17.8 Å². The van der Waals surface area contributed by atoms with Crippen LogP contribution in [0.4, 0.5) is 5.69 Å². The van der Waals surface area contributed by atoms with Gasteiger partial charge in [0.05, 0.1) is 11.3 Å². The van der Waals surface area contributed by atoms with E-state index in [0.717, 1.165) is 0 Å². The van der Waals surface area contributed by atoms with Gasteiger partial charge in [-0.1, -0.05) is 12.1 Å². The number of aromatic nitrogens is 1. The molecule has 0 saturated heterocycles. The van der Waals surface area contributed by atoms with Gasteiger partial charge in [-0.3, -0.25) is 4.79 Å². The summed E-state index contributed by atoms with van der Waals surface area (Å²) in [5.74, 6) is -0.480. The van der Waals surface area contributed by atoms with Crippen molar-refractivity contribution in [2.45, 2.75) is 26.4 Å². The molecule has 3 N–H and O–H groups in total. The molecule has 0 unspecified atom stereocenters. The Bertz CT molecular complexity index is 727. The highest BCUT2D eigenvalue weighted by atomic mass is 16.6. The van der Waals surface area contributed by atoms with Crippen LogP contribution in [0.1, 0.15) is 31.1 Å². The molecule has 1 aromatic heterocycles. The van der Waals surface area contributed by atoms with E-state index in [0.29, 0.717) is 22.4 Å². The van der Waals surface area contributed by atoms with Gasteiger partial charge < -0.3 is 15.5 Å². The minimum absolute atomic E-state index is 0.227. The summed E-state index contributed by atoms with van der Waals surface area (Å²) in [7, 11) is 0. The molecule has 5 nitrogen and oxygen atoms in total. The van der Waals surface area contributed by atoms with Crippen LogP contribution in [-0.4, -0.2) is 16.6 Å². The van der Waals surface area contributed by atoms with Gasteiger partial charge in [-0.2, -0.15) is 0 Å². The standard InChI is InChI=1S/C16H18N2O3/c1-16(2,3)21-15(20)12-6-4-5-11(14(12)17)10-7-8-18-13(19)9-10/h4-9H,17H2,1-3H3,(H,18,19). The van der Waals surface area contributed by atoms with Crippen LogP contribution in [0.15, 0.2) is 41.3 Å². The molecule has 110 valence electrons. The lowest BCUT2D eigenvalue weighted by Gasteiger charge is -2.20. The Morgan fingerprint density at radius 2 is 1.95 bits per heavy atom. The van der Waals surface area contributed by atoms with Crippen LogP contribution in [0.3, 0.4) is 0 Å². The van der Waals surface area contributed by atoms with Crippen molar-refractivity contribution in [1.82, 2.24) is 4.98 Å². The van der Waals surface area contributed by atoms with E-state index < -0.39 is 11.6 Å². The molecule has 2 aromatic rings. The summed E-state index contributed by atoms with van der Waals surface area (Å²) in [6, 6.07) is 8.25. The topological polar surface area (TPSA) is 85.2 Å². The van der Waals surface area contributed by atoms with E-state index in [2.05, 4.69) is 4.98 Å². The minimum Gasteiger partial charge on any atom is -0.456 e. The number of rotatable bonds is 2. The van der Waals surface area contributed by atoms with Crippen LogP contribution >= 0.6 is 0 Å². The zero-order valence-electron chi connectivity index (χ0n) is 12.3. The summed E-state index contributed by atoms with van der Waals surface area (Å²) in [5, 5.41) is 0. The van der Waals surface area contributed by atoms with Crippen LogP contribution in [0, 0.1) is 0 Å². The molecule has 0 bridgehead atoms.